The van der Waals surface area contributed by atoms with Gasteiger partial charge < -0.3 is 18.8 Å². The predicted octanol–water partition coefficient (Wildman–Crippen LogP) is 1.60. The second-order valence-electron chi connectivity index (χ2n) is 6.96. The number of hydrogen-bond acceptors (Lipinski definition) is 4. The van der Waals surface area contributed by atoms with Crippen LogP contribution in [0.2, 0.25) is 6.82 Å². The molecule has 3 rings (SSSR count). The van der Waals surface area contributed by atoms with Crippen LogP contribution in [0.1, 0.15) is 33.4 Å². The Kier molecular flexibility index (Phi) is 3.43. The lowest BCUT2D eigenvalue weighted by atomic mass is 9.76. The summed E-state index contributed by atoms with van der Waals surface area (Å²) in [5, 5.41) is 11.1. The van der Waals surface area contributed by atoms with E-state index < -0.39 is 25.4 Å². The van der Waals surface area contributed by atoms with Crippen molar-refractivity contribution in [2.75, 3.05) is 0 Å². The lowest BCUT2D eigenvalue weighted by molar-refractivity contribution is 0.00578. The van der Waals surface area contributed by atoms with Gasteiger partial charge in [-0.25, -0.2) is 4.98 Å². The number of hydrogen-bond donors (Lipinski definition) is 1. The van der Waals surface area contributed by atoms with Gasteiger partial charge >= 0.3 is 14.2 Å². The lowest BCUT2D eigenvalue weighted by Gasteiger charge is -2.32. The average Bonchev–Trinajstić information content (AvgIpc) is 2.79. The molecule has 3 heterocycles. The van der Waals surface area contributed by atoms with Crippen molar-refractivity contribution in [2.24, 2.45) is 0 Å². The van der Waals surface area contributed by atoms with Crippen molar-refractivity contribution in [3.63, 3.8) is 0 Å². The molecule has 22 heavy (non-hydrogen) atoms. The normalized spacial score (nSPS) is 19.9. The summed E-state index contributed by atoms with van der Waals surface area (Å²) in [5.74, 6) is 0. The van der Waals surface area contributed by atoms with E-state index in [1.807, 2.05) is 51.2 Å². The van der Waals surface area contributed by atoms with Gasteiger partial charge in [0, 0.05) is 22.7 Å². The molecule has 0 aliphatic carbocycles. The molecule has 0 unspecified atom stereocenters. The Hall–Kier alpha value is -1.30. The zero-order chi connectivity index (χ0) is 16.3. The number of nitrogens with zero attached hydrogens (tertiary/aromatic N) is 2. The number of pyridine rings is 1. The van der Waals surface area contributed by atoms with E-state index in [0.717, 1.165) is 22.2 Å². The highest BCUT2D eigenvalue weighted by molar-refractivity contribution is 6.66. The summed E-state index contributed by atoms with van der Waals surface area (Å²) in [4.78, 5) is 4.42. The van der Waals surface area contributed by atoms with E-state index in [4.69, 9.17) is 9.31 Å². The maximum absolute atomic E-state index is 10.1. The maximum atomic E-state index is 10.1. The molecule has 1 aliphatic rings. The largest absolute Gasteiger partial charge is 0.497 e. The molecule has 116 valence electrons. The van der Waals surface area contributed by atoms with E-state index in [-0.39, 0.29) is 0 Å². The molecule has 1 aliphatic heterocycles. The van der Waals surface area contributed by atoms with E-state index in [1.165, 1.54) is 0 Å². The minimum Gasteiger partial charge on any atom is -0.432 e. The van der Waals surface area contributed by atoms with Crippen molar-refractivity contribution in [3.05, 3.63) is 24.0 Å². The second kappa shape index (κ2) is 4.85. The van der Waals surface area contributed by atoms with Crippen molar-refractivity contribution in [2.45, 2.75) is 52.6 Å². The van der Waals surface area contributed by atoms with Crippen LogP contribution in [0.15, 0.2) is 18.3 Å². The Balaban J connectivity index is 2.19. The van der Waals surface area contributed by atoms with Crippen LogP contribution in [-0.4, -0.2) is 39.9 Å². The fraction of sp³-hybridized carbons (Fsp3) is 0.533. The minimum absolute atomic E-state index is 0.397. The summed E-state index contributed by atoms with van der Waals surface area (Å²) in [7, 11) is -1.12. The monoisotopic (exact) mass is 300 g/mol. The predicted molar refractivity (Wildman–Crippen MR) is 89.4 cm³/mol. The third-order valence-corrected chi connectivity index (χ3v) is 4.92. The van der Waals surface area contributed by atoms with Gasteiger partial charge in [0.2, 0.25) is 0 Å². The Labute approximate surface area is 131 Å². The second-order valence-corrected chi connectivity index (χ2v) is 6.96. The molecule has 2 aromatic rings. The smallest absolute Gasteiger partial charge is 0.432 e. The molecule has 1 N–H and O–H groups in total. The van der Waals surface area contributed by atoms with Crippen LogP contribution >= 0.6 is 0 Å². The maximum Gasteiger partial charge on any atom is 0.497 e. The minimum atomic E-state index is -0.659. The van der Waals surface area contributed by atoms with Gasteiger partial charge in [-0.05, 0) is 47.5 Å². The molecule has 0 radical (unpaired) electrons. The summed E-state index contributed by atoms with van der Waals surface area (Å²) >= 11 is 0. The van der Waals surface area contributed by atoms with Crippen molar-refractivity contribution in [1.82, 2.24) is 9.46 Å². The van der Waals surface area contributed by atoms with Crippen molar-refractivity contribution in [3.8, 4) is 0 Å². The Morgan fingerprint density at radius 3 is 2.36 bits per heavy atom. The molecule has 7 heteroatoms. The molecule has 0 saturated carbocycles. The molecule has 0 amide bonds. The van der Waals surface area contributed by atoms with E-state index >= 15 is 0 Å². The van der Waals surface area contributed by atoms with Gasteiger partial charge in [0.05, 0.1) is 11.2 Å². The first-order valence-electron chi connectivity index (χ1n) is 7.65. The van der Waals surface area contributed by atoms with E-state index in [0.29, 0.717) is 0 Å². The fourth-order valence-corrected chi connectivity index (χ4v) is 3.00. The zero-order valence-corrected chi connectivity index (χ0v) is 14.0. The Morgan fingerprint density at radius 1 is 1.23 bits per heavy atom. The van der Waals surface area contributed by atoms with Crippen molar-refractivity contribution < 1.29 is 14.3 Å². The zero-order valence-electron chi connectivity index (χ0n) is 14.0. The van der Waals surface area contributed by atoms with E-state index in [2.05, 4.69) is 4.98 Å². The van der Waals surface area contributed by atoms with Crippen LogP contribution in [0.25, 0.3) is 11.0 Å². The van der Waals surface area contributed by atoms with Gasteiger partial charge in [-0.2, -0.15) is 0 Å². The first-order valence-corrected chi connectivity index (χ1v) is 7.65. The number of fused-ring (bicyclic) bond motifs is 1. The van der Waals surface area contributed by atoms with Crippen molar-refractivity contribution in [1.29, 1.82) is 0 Å². The summed E-state index contributed by atoms with van der Waals surface area (Å²) in [6.45, 7) is 11.8. The number of rotatable bonds is 2. The average molecular weight is 300 g/mol. The number of aromatic nitrogens is 2. The van der Waals surface area contributed by atoms with Gasteiger partial charge in [-0.3, -0.25) is 0 Å². The van der Waals surface area contributed by atoms with Gasteiger partial charge in [0.25, 0.3) is 0 Å². The molecule has 0 aromatic carbocycles. The summed E-state index contributed by atoms with van der Waals surface area (Å²) < 4.78 is 14.2. The van der Waals surface area contributed by atoms with Gasteiger partial charge in [-0.15, -0.1) is 0 Å². The standard InChI is InChI=1S/C15H22B2N2O3/c1-10-12(17-21-14(2,3)15(4,5)22-17)11-8-7-9-18-13(11)19(10)16(6)20/h7-9,20H,1-6H3. The summed E-state index contributed by atoms with van der Waals surface area (Å²) in [6, 6.07) is 3.89. The highest BCUT2D eigenvalue weighted by Crippen LogP contribution is 2.37. The highest BCUT2D eigenvalue weighted by atomic mass is 16.7. The van der Waals surface area contributed by atoms with Gasteiger partial charge in [0.1, 0.15) is 5.65 Å². The molecule has 2 aromatic heterocycles. The van der Waals surface area contributed by atoms with Crippen LogP contribution < -0.4 is 5.46 Å². The quantitative estimate of drug-likeness (QED) is 0.856. The summed E-state index contributed by atoms with van der Waals surface area (Å²) in [6.07, 6.45) is 1.73. The van der Waals surface area contributed by atoms with Gasteiger partial charge in [0.15, 0.2) is 0 Å². The molecule has 0 atom stereocenters. The fourth-order valence-electron chi connectivity index (χ4n) is 3.00. The molecule has 0 spiro atoms. The van der Waals surface area contributed by atoms with Crippen molar-refractivity contribution >= 4 is 30.7 Å². The molecule has 1 saturated heterocycles. The first kappa shape index (κ1) is 15.6. The molecular weight excluding hydrogens is 278 g/mol. The molecule has 0 bridgehead atoms. The third-order valence-electron chi connectivity index (χ3n) is 4.92. The van der Waals surface area contributed by atoms with Crippen LogP contribution in [0, 0.1) is 6.92 Å². The van der Waals surface area contributed by atoms with Gasteiger partial charge in [-0.1, -0.05) is 6.07 Å². The third kappa shape index (κ3) is 2.11. The van der Waals surface area contributed by atoms with E-state index in [9.17, 15) is 5.02 Å². The Bertz CT molecular complexity index is 709. The van der Waals surface area contributed by atoms with Crippen LogP contribution in [-0.2, 0) is 9.31 Å². The van der Waals surface area contributed by atoms with Crippen LogP contribution in [0.5, 0.6) is 0 Å². The first-order chi connectivity index (χ1) is 10.2. The molecular formula is C15H22B2N2O3. The SMILES string of the molecule is CB(O)n1c(C)c(B2OC(C)(C)C(C)(C)O2)c2cccnc21. The lowest BCUT2D eigenvalue weighted by Crippen LogP contribution is -2.41. The Morgan fingerprint density at radius 2 is 1.82 bits per heavy atom. The van der Waals surface area contributed by atoms with Crippen LogP contribution in [0.4, 0.5) is 0 Å². The molecule has 5 nitrogen and oxygen atoms in total. The van der Waals surface area contributed by atoms with Crippen LogP contribution in [0.3, 0.4) is 0 Å². The topological polar surface area (TPSA) is 56.5 Å². The summed E-state index contributed by atoms with van der Waals surface area (Å²) in [5.41, 5.74) is 1.82. The molecule has 1 fully saturated rings. The van der Waals surface area contributed by atoms with E-state index in [1.54, 1.807) is 13.0 Å². The highest BCUT2D eigenvalue weighted by Gasteiger charge is 2.53.